The van der Waals surface area contributed by atoms with E-state index in [0.29, 0.717) is 17.8 Å². The Morgan fingerprint density at radius 1 is 1.35 bits per heavy atom. The lowest BCUT2D eigenvalue weighted by Crippen LogP contribution is -2.29. The van der Waals surface area contributed by atoms with Crippen LogP contribution in [-0.4, -0.2) is 34.4 Å². The van der Waals surface area contributed by atoms with E-state index < -0.39 is 0 Å². The number of fused-ring (bicyclic) bond motifs is 1. The summed E-state index contributed by atoms with van der Waals surface area (Å²) in [6, 6.07) is 5.74. The van der Waals surface area contributed by atoms with Crippen LogP contribution in [0.1, 0.15) is 35.8 Å². The van der Waals surface area contributed by atoms with Crippen molar-refractivity contribution >= 4 is 22.8 Å². The zero-order valence-electron chi connectivity index (χ0n) is 12.2. The van der Waals surface area contributed by atoms with Crippen molar-refractivity contribution in [2.45, 2.75) is 26.7 Å². The third kappa shape index (κ3) is 2.87. The average Bonchev–Trinajstić information content (AvgIpc) is 2.43. The molecule has 0 saturated heterocycles. The second-order valence-electron chi connectivity index (χ2n) is 5.03. The van der Waals surface area contributed by atoms with Gasteiger partial charge in [0.25, 0.3) is 5.91 Å². The summed E-state index contributed by atoms with van der Waals surface area (Å²) in [4.78, 5) is 22.5. The monoisotopic (exact) mass is 272 g/mol. The summed E-state index contributed by atoms with van der Waals surface area (Å²) in [5, 5.41) is 0.757. The molecule has 1 aromatic heterocycles. The average molecular weight is 272 g/mol. The van der Waals surface area contributed by atoms with Crippen molar-refractivity contribution in [2.75, 3.05) is 19.3 Å². The quantitative estimate of drug-likeness (QED) is 0.927. The molecule has 0 saturated carbocycles. The highest BCUT2D eigenvalue weighted by Crippen LogP contribution is 2.19. The summed E-state index contributed by atoms with van der Waals surface area (Å²) in [6.45, 7) is 4.79. The van der Waals surface area contributed by atoms with Crippen molar-refractivity contribution in [3.63, 3.8) is 0 Å². The standard InChI is InChI=1S/C15H20N4O/c1-4-5-8-19(3)14(20)13-11-9-10(2)6-7-12(11)17-15(16)18-13/h6-7,9H,4-5,8H2,1-3H3,(H2,16,17,18). The number of aromatic nitrogens is 2. The molecule has 1 amide bonds. The maximum Gasteiger partial charge on any atom is 0.273 e. The summed E-state index contributed by atoms with van der Waals surface area (Å²) < 4.78 is 0. The zero-order valence-corrected chi connectivity index (χ0v) is 12.2. The molecule has 5 nitrogen and oxygen atoms in total. The van der Waals surface area contributed by atoms with Gasteiger partial charge >= 0.3 is 0 Å². The molecule has 0 aliphatic rings. The van der Waals surface area contributed by atoms with Gasteiger partial charge < -0.3 is 10.6 Å². The van der Waals surface area contributed by atoms with E-state index in [1.165, 1.54) is 0 Å². The minimum absolute atomic E-state index is 0.108. The molecule has 0 radical (unpaired) electrons. The van der Waals surface area contributed by atoms with E-state index in [1.54, 1.807) is 11.9 Å². The van der Waals surface area contributed by atoms with Crippen LogP contribution >= 0.6 is 0 Å². The van der Waals surface area contributed by atoms with Crippen molar-refractivity contribution in [2.24, 2.45) is 0 Å². The lowest BCUT2D eigenvalue weighted by Gasteiger charge is -2.17. The molecular formula is C15H20N4O. The van der Waals surface area contributed by atoms with Crippen LogP contribution in [0.5, 0.6) is 0 Å². The van der Waals surface area contributed by atoms with Gasteiger partial charge in [-0.15, -0.1) is 0 Å². The Hall–Kier alpha value is -2.17. The van der Waals surface area contributed by atoms with E-state index in [-0.39, 0.29) is 11.9 Å². The minimum atomic E-state index is -0.108. The number of hydrogen-bond acceptors (Lipinski definition) is 4. The lowest BCUT2D eigenvalue weighted by atomic mass is 10.1. The van der Waals surface area contributed by atoms with Crippen molar-refractivity contribution in [3.05, 3.63) is 29.5 Å². The SMILES string of the molecule is CCCCN(C)C(=O)c1nc(N)nc2ccc(C)cc12. The minimum Gasteiger partial charge on any atom is -0.368 e. The van der Waals surface area contributed by atoms with Gasteiger partial charge in [0, 0.05) is 19.0 Å². The van der Waals surface area contributed by atoms with E-state index in [2.05, 4.69) is 16.9 Å². The molecule has 20 heavy (non-hydrogen) atoms. The van der Waals surface area contributed by atoms with Gasteiger partial charge in [0.1, 0.15) is 5.69 Å². The van der Waals surface area contributed by atoms with Gasteiger partial charge in [0.05, 0.1) is 5.52 Å². The van der Waals surface area contributed by atoms with Crippen molar-refractivity contribution in [3.8, 4) is 0 Å². The molecule has 0 aliphatic heterocycles. The first-order valence-electron chi connectivity index (χ1n) is 6.82. The highest BCUT2D eigenvalue weighted by Gasteiger charge is 2.17. The predicted octanol–water partition coefficient (Wildman–Crippen LogP) is 2.39. The normalized spacial score (nSPS) is 10.8. The molecule has 1 heterocycles. The molecule has 0 spiro atoms. The number of rotatable bonds is 4. The number of amides is 1. The highest BCUT2D eigenvalue weighted by molar-refractivity contribution is 6.04. The third-order valence-corrected chi connectivity index (χ3v) is 3.26. The number of hydrogen-bond donors (Lipinski definition) is 1. The van der Waals surface area contributed by atoms with Gasteiger partial charge in [-0.1, -0.05) is 25.0 Å². The summed E-state index contributed by atoms with van der Waals surface area (Å²) >= 11 is 0. The Balaban J connectivity index is 2.47. The number of nitrogens with two attached hydrogens (primary N) is 1. The first-order valence-corrected chi connectivity index (χ1v) is 6.82. The Morgan fingerprint density at radius 3 is 2.80 bits per heavy atom. The number of aryl methyl sites for hydroxylation is 1. The fraction of sp³-hybridized carbons (Fsp3) is 0.400. The van der Waals surface area contributed by atoms with Crippen LogP contribution in [0.25, 0.3) is 10.9 Å². The largest absolute Gasteiger partial charge is 0.368 e. The van der Waals surface area contributed by atoms with Gasteiger partial charge in [-0.3, -0.25) is 4.79 Å². The fourth-order valence-corrected chi connectivity index (χ4v) is 2.10. The van der Waals surface area contributed by atoms with E-state index in [4.69, 9.17) is 5.73 Å². The maximum absolute atomic E-state index is 12.5. The molecule has 0 atom stereocenters. The summed E-state index contributed by atoms with van der Waals surface area (Å²) in [5.74, 6) is 0.0248. The molecule has 2 N–H and O–H groups in total. The Bertz CT molecular complexity index is 639. The number of benzene rings is 1. The second-order valence-corrected chi connectivity index (χ2v) is 5.03. The van der Waals surface area contributed by atoms with E-state index in [9.17, 15) is 4.79 Å². The zero-order chi connectivity index (χ0) is 14.7. The molecular weight excluding hydrogens is 252 g/mol. The predicted molar refractivity (Wildman–Crippen MR) is 80.6 cm³/mol. The Kier molecular flexibility index (Phi) is 4.17. The Labute approximate surface area is 118 Å². The lowest BCUT2D eigenvalue weighted by molar-refractivity contribution is 0.0789. The van der Waals surface area contributed by atoms with Gasteiger partial charge in [0.15, 0.2) is 0 Å². The van der Waals surface area contributed by atoms with Crippen LogP contribution in [-0.2, 0) is 0 Å². The number of nitrogen functional groups attached to an aromatic ring is 1. The molecule has 106 valence electrons. The maximum atomic E-state index is 12.5. The number of carbonyl (C=O) groups excluding carboxylic acids is 1. The van der Waals surface area contributed by atoms with Gasteiger partial charge in [0.2, 0.25) is 5.95 Å². The van der Waals surface area contributed by atoms with Crippen molar-refractivity contribution in [1.29, 1.82) is 0 Å². The molecule has 0 unspecified atom stereocenters. The van der Waals surface area contributed by atoms with Gasteiger partial charge in [-0.25, -0.2) is 9.97 Å². The number of carbonyl (C=O) groups is 1. The van der Waals surface area contributed by atoms with Crippen LogP contribution in [0.15, 0.2) is 18.2 Å². The molecule has 0 fully saturated rings. The van der Waals surface area contributed by atoms with Crippen molar-refractivity contribution in [1.82, 2.24) is 14.9 Å². The van der Waals surface area contributed by atoms with E-state index >= 15 is 0 Å². The molecule has 2 rings (SSSR count). The summed E-state index contributed by atoms with van der Waals surface area (Å²) in [6.07, 6.45) is 2.02. The molecule has 1 aromatic carbocycles. The summed E-state index contributed by atoms with van der Waals surface area (Å²) in [7, 11) is 1.79. The fourth-order valence-electron chi connectivity index (χ4n) is 2.10. The topological polar surface area (TPSA) is 72.1 Å². The number of unbranched alkanes of at least 4 members (excludes halogenated alkanes) is 1. The molecule has 5 heteroatoms. The first kappa shape index (κ1) is 14.2. The highest BCUT2D eigenvalue weighted by atomic mass is 16.2. The van der Waals surface area contributed by atoms with Crippen LogP contribution < -0.4 is 5.73 Å². The first-order chi connectivity index (χ1) is 9.52. The van der Waals surface area contributed by atoms with Crippen LogP contribution in [0.3, 0.4) is 0 Å². The van der Waals surface area contributed by atoms with Gasteiger partial charge in [-0.2, -0.15) is 0 Å². The molecule has 0 bridgehead atoms. The molecule has 0 aliphatic carbocycles. The molecule has 2 aromatic rings. The Morgan fingerprint density at radius 2 is 2.10 bits per heavy atom. The third-order valence-electron chi connectivity index (χ3n) is 3.26. The number of nitrogens with zero attached hydrogens (tertiary/aromatic N) is 3. The summed E-state index contributed by atoms with van der Waals surface area (Å²) in [5.41, 5.74) is 7.86. The number of anilines is 1. The van der Waals surface area contributed by atoms with Crippen LogP contribution in [0, 0.1) is 6.92 Å². The second kappa shape index (κ2) is 5.86. The van der Waals surface area contributed by atoms with Crippen molar-refractivity contribution < 1.29 is 4.79 Å². The van der Waals surface area contributed by atoms with E-state index in [1.807, 2.05) is 25.1 Å². The van der Waals surface area contributed by atoms with Gasteiger partial charge in [-0.05, 0) is 25.5 Å². The van der Waals surface area contributed by atoms with Crippen LogP contribution in [0.4, 0.5) is 5.95 Å². The smallest absolute Gasteiger partial charge is 0.273 e. The van der Waals surface area contributed by atoms with E-state index in [0.717, 1.165) is 23.8 Å². The van der Waals surface area contributed by atoms with Crippen LogP contribution in [0.2, 0.25) is 0 Å².